The van der Waals surface area contributed by atoms with Gasteiger partial charge in [-0.15, -0.1) is 0 Å². The lowest BCUT2D eigenvalue weighted by Gasteiger charge is -2.36. The molecule has 1 atom stereocenters. The summed E-state index contributed by atoms with van der Waals surface area (Å²) in [5, 5.41) is 4.60. The molecule has 122 valence electrons. The molecule has 0 aromatic heterocycles. The number of carbonyl (C=O) groups excluding carboxylic acids is 3. The molecule has 2 aliphatic rings. The van der Waals surface area contributed by atoms with Crippen LogP contribution in [0, 0.1) is 6.92 Å². The van der Waals surface area contributed by atoms with Crippen LogP contribution in [0.4, 0.5) is 10.5 Å². The molecule has 0 spiro atoms. The van der Waals surface area contributed by atoms with E-state index in [-0.39, 0.29) is 12.3 Å². The molecule has 1 aromatic carbocycles. The molecule has 2 heterocycles. The zero-order valence-electron chi connectivity index (χ0n) is 13.0. The molecule has 7 heteroatoms. The van der Waals surface area contributed by atoms with Gasteiger partial charge in [-0.2, -0.15) is 0 Å². The van der Waals surface area contributed by atoms with Crippen LogP contribution in [0.1, 0.15) is 12.0 Å². The van der Waals surface area contributed by atoms with Crippen LogP contribution in [-0.2, 0) is 9.59 Å². The van der Waals surface area contributed by atoms with Crippen LogP contribution in [0.25, 0.3) is 0 Å². The van der Waals surface area contributed by atoms with Gasteiger partial charge in [-0.05, 0) is 24.6 Å². The quantitative estimate of drug-likeness (QED) is 0.783. The first-order chi connectivity index (χ1) is 11.0. The Labute approximate surface area is 134 Å². The van der Waals surface area contributed by atoms with Gasteiger partial charge in [0.05, 0.1) is 6.42 Å². The predicted molar refractivity (Wildman–Crippen MR) is 85.1 cm³/mol. The monoisotopic (exact) mass is 316 g/mol. The van der Waals surface area contributed by atoms with E-state index in [1.807, 2.05) is 6.07 Å². The summed E-state index contributed by atoms with van der Waals surface area (Å²) in [5.74, 6) is -0.530. The van der Waals surface area contributed by atoms with Crippen molar-refractivity contribution < 1.29 is 14.4 Å². The first-order valence-electron chi connectivity index (χ1n) is 7.74. The Kier molecular flexibility index (Phi) is 4.18. The van der Waals surface area contributed by atoms with Gasteiger partial charge in [0.15, 0.2) is 0 Å². The molecule has 2 saturated heterocycles. The number of hydrogen-bond acceptors (Lipinski definition) is 4. The average Bonchev–Trinajstić information content (AvgIpc) is 2.85. The molecule has 3 rings (SSSR count). The first-order valence-corrected chi connectivity index (χ1v) is 7.74. The number of nitrogens with zero attached hydrogens (tertiary/aromatic N) is 2. The molecule has 2 aliphatic heterocycles. The van der Waals surface area contributed by atoms with Gasteiger partial charge < -0.3 is 15.1 Å². The summed E-state index contributed by atoms with van der Waals surface area (Å²) in [5.41, 5.74) is 2.38. The standard InChI is InChI=1S/C16H20N4O3/c1-11-3-2-4-12(9-11)19-5-7-20(8-6-19)14(21)10-13-15(22)18-16(23)17-13/h2-4,9,13H,5-8,10H2,1H3,(H2,17,18,22,23). The van der Waals surface area contributed by atoms with Crippen LogP contribution < -0.4 is 15.5 Å². The van der Waals surface area contributed by atoms with Crippen molar-refractivity contribution in [3.05, 3.63) is 29.8 Å². The SMILES string of the molecule is Cc1cccc(N2CCN(C(=O)CC3NC(=O)NC3=O)CC2)c1. The Bertz CT molecular complexity index is 638. The van der Waals surface area contributed by atoms with Crippen LogP contribution >= 0.6 is 0 Å². The van der Waals surface area contributed by atoms with E-state index in [4.69, 9.17) is 0 Å². The van der Waals surface area contributed by atoms with Crippen molar-refractivity contribution in [2.45, 2.75) is 19.4 Å². The van der Waals surface area contributed by atoms with Crippen LogP contribution in [0.3, 0.4) is 0 Å². The highest BCUT2D eigenvalue weighted by molar-refractivity contribution is 6.05. The summed E-state index contributed by atoms with van der Waals surface area (Å²) in [6, 6.07) is 7.02. The number of carbonyl (C=O) groups is 3. The Morgan fingerprint density at radius 3 is 2.57 bits per heavy atom. The van der Waals surface area contributed by atoms with E-state index in [1.165, 1.54) is 11.3 Å². The number of aryl methyl sites for hydroxylation is 1. The van der Waals surface area contributed by atoms with Crippen molar-refractivity contribution in [1.29, 1.82) is 0 Å². The molecular formula is C16H20N4O3. The van der Waals surface area contributed by atoms with Gasteiger partial charge in [-0.1, -0.05) is 12.1 Å². The lowest BCUT2D eigenvalue weighted by molar-refractivity contribution is -0.134. The smallest absolute Gasteiger partial charge is 0.322 e. The molecule has 0 radical (unpaired) electrons. The number of anilines is 1. The maximum atomic E-state index is 12.3. The van der Waals surface area contributed by atoms with Crippen LogP contribution in [-0.4, -0.2) is 55.0 Å². The highest BCUT2D eigenvalue weighted by Crippen LogP contribution is 2.18. The Balaban J connectivity index is 1.53. The zero-order valence-corrected chi connectivity index (χ0v) is 13.0. The molecule has 0 bridgehead atoms. The Morgan fingerprint density at radius 2 is 1.96 bits per heavy atom. The predicted octanol–water partition coefficient (Wildman–Crippen LogP) is 0.242. The number of benzene rings is 1. The highest BCUT2D eigenvalue weighted by Gasteiger charge is 2.33. The summed E-state index contributed by atoms with van der Waals surface area (Å²) in [6.07, 6.45) is 0.0159. The molecule has 2 N–H and O–H groups in total. The largest absolute Gasteiger partial charge is 0.368 e. The van der Waals surface area contributed by atoms with Crippen molar-refractivity contribution in [1.82, 2.24) is 15.5 Å². The second-order valence-corrected chi connectivity index (χ2v) is 5.93. The average molecular weight is 316 g/mol. The molecule has 0 saturated carbocycles. The minimum absolute atomic E-state index is 0.0159. The third-order valence-electron chi connectivity index (χ3n) is 4.24. The van der Waals surface area contributed by atoms with Crippen molar-refractivity contribution in [3.63, 3.8) is 0 Å². The van der Waals surface area contributed by atoms with E-state index in [0.717, 1.165) is 13.1 Å². The molecule has 2 fully saturated rings. The molecular weight excluding hydrogens is 296 g/mol. The molecule has 1 unspecified atom stereocenters. The topological polar surface area (TPSA) is 81.8 Å². The van der Waals surface area contributed by atoms with E-state index in [0.29, 0.717) is 13.1 Å². The zero-order chi connectivity index (χ0) is 16.4. The second-order valence-electron chi connectivity index (χ2n) is 5.93. The number of hydrogen-bond donors (Lipinski definition) is 2. The van der Waals surface area contributed by atoms with Crippen molar-refractivity contribution >= 4 is 23.5 Å². The fourth-order valence-electron chi connectivity index (χ4n) is 2.95. The van der Waals surface area contributed by atoms with Gasteiger partial charge >= 0.3 is 6.03 Å². The Hall–Kier alpha value is -2.57. The summed E-state index contributed by atoms with van der Waals surface area (Å²) < 4.78 is 0. The highest BCUT2D eigenvalue weighted by atomic mass is 16.2. The minimum atomic E-state index is -0.746. The van der Waals surface area contributed by atoms with Crippen molar-refractivity contribution in [2.75, 3.05) is 31.1 Å². The van der Waals surface area contributed by atoms with Crippen molar-refractivity contribution in [2.24, 2.45) is 0 Å². The maximum Gasteiger partial charge on any atom is 0.322 e. The molecule has 4 amide bonds. The van der Waals surface area contributed by atoms with Gasteiger partial charge in [0.25, 0.3) is 5.91 Å². The molecule has 7 nitrogen and oxygen atoms in total. The summed E-state index contributed by atoms with van der Waals surface area (Å²) in [6.45, 7) is 4.82. The first kappa shape index (κ1) is 15.3. The normalized spacial score (nSPS) is 21.2. The lowest BCUT2D eigenvalue weighted by atomic mass is 10.1. The van der Waals surface area contributed by atoms with E-state index in [2.05, 4.69) is 40.7 Å². The summed E-state index contributed by atoms with van der Waals surface area (Å²) >= 11 is 0. The Morgan fingerprint density at radius 1 is 1.22 bits per heavy atom. The molecule has 23 heavy (non-hydrogen) atoms. The van der Waals surface area contributed by atoms with Crippen molar-refractivity contribution in [3.8, 4) is 0 Å². The van der Waals surface area contributed by atoms with Crippen LogP contribution in [0.15, 0.2) is 24.3 Å². The lowest BCUT2D eigenvalue weighted by Crippen LogP contribution is -2.50. The third kappa shape index (κ3) is 3.44. The fourth-order valence-corrected chi connectivity index (χ4v) is 2.95. The van der Waals surface area contributed by atoms with Gasteiger partial charge in [-0.25, -0.2) is 4.79 Å². The number of urea groups is 1. The van der Waals surface area contributed by atoms with Gasteiger partial charge in [0, 0.05) is 31.9 Å². The molecule has 0 aliphatic carbocycles. The maximum absolute atomic E-state index is 12.3. The number of imide groups is 1. The number of piperazine rings is 1. The van der Waals surface area contributed by atoms with E-state index in [9.17, 15) is 14.4 Å². The summed E-state index contributed by atoms with van der Waals surface area (Å²) in [7, 11) is 0. The van der Waals surface area contributed by atoms with E-state index < -0.39 is 18.0 Å². The number of rotatable bonds is 3. The van der Waals surface area contributed by atoms with E-state index in [1.54, 1.807) is 4.90 Å². The third-order valence-corrected chi connectivity index (χ3v) is 4.24. The van der Waals surface area contributed by atoms with Crippen LogP contribution in [0.2, 0.25) is 0 Å². The minimum Gasteiger partial charge on any atom is -0.368 e. The van der Waals surface area contributed by atoms with Crippen LogP contribution in [0.5, 0.6) is 0 Å². The van der Waals surface area contributed by atoms with Gasteiger partial charge in [0.1, 0.15) is 6.04 Å². The second kappa shape index (κ2) is 6.28. The van der Waals surface area contributed by atoms with Gasteiger partial charge in [-0.3, -0.25) is 14.9 Å². The number of amides is 4. The number of nitrogens with one attached hydrogen (secondary N) is 2. The van der Waals surface area contributed by atoms with Gasteiger partial charge in [0.2, 0.25) is 5.91 Å². The van der Waals surface area contributed by atoms with E-state index >= 15 is 0 Å². The fraction of sp³-hybridized carbons (Fsp3) is 0.438. The summed E-state index contributed by atoms with van der Waals surface area (Å²) in [4.78, 5) is 38.9. The molecule has 1 aromatic rings.